The van der Waals surface area contributed by atoms with Crippen molar-refractivity contribution >= 4 is 5.91 Å². The van der Waals surface area contributed by atoms with Gasteiger partial charge in [0.15, 0.2) is 11.5 Å². The molecule has 1 aromatic carbocycles. The maximum Gasteiger partial charge on any atom is 0.290 e. The molecule has 4 rings (SSSR count). The number of nitrogens with one attached hydrogen (secondary N) is 1. The largest absolute Gasteiger partial charge is 0.493 e. The molecule has 0 fully saturated rings. The summed E-state index contributed by atoms with van der Waals surface area (Å²) in [5.74, 6) is 1.64. The van der Waals surface area contributed by atoms with Gasteiger partial charge < -0.3 is 19.3 Å². The van der Waals surface area contributed by atoms with Gasteiger partial charge in [0, 0.05) is 5.56 Å². The molecule has 0 saturated heterocycles. The lowest BCUT2D eigenvalue weighted by Crippen LogP contribution is -2.29. The van der Waals surface area contributed by atoms with Crippen LogP contribution >= 0.6 is 0 Å². The first-order valence-electron chi connectivity index (χ1n) is 9.74. The van der Waals surface area contributed by atoms with Crippen LogP contribution in [-0.4, -0.2) is 25.3 Å². The molecule has 1 heterocycles. The minimum absolute atomic E-state index is 0.0702. The average Bonchev–Trinajstić information content (AvgIpc) is 3.04. The quantitative estimate of drug-likeness (QED) is 0.830. The Kier molecular flexibility index (Phi) is 5.05. The monoisotopic (exact) mass is 370 g/mol. The van der Waals surface area contributed by atoms with Crippen molar-refractivity contribution in [3.8, 4) is 11.5 Å². The number of aromatic nitrogens is 1. The Labute approximate surface area is 159 Å². The van der Waals surface area contributed by atoms with Crippen LogP contribution in [0.25, 0.3) is 0 Å². The van der Waals surface area contributed by atoms with Crippen LogP contribution in [-0.2, 0) is 19.3 Å². The molecule has 2 aliphatic carbocycles. The van der Waals surface area contributed by atoms with Gasteiger partial charge in [0.1, 0.15) is 0 Å². The highest BCUT2D eigenvalue weighted by Gasteiger charge is 2.28. The number of ether oxygens (including phenoxy) is 2. The van der Waals surface area contributed by atoms with Gasteiger partial charge in [-0.25, -0.2) is 0 Å². The number of aryl methyl sites for hydroxylation is 2. The Morgan fingerprint density at radius 2 is 1.81 bits per heavy atom. The van der Waals surface area contributed by atoms with Crippen molar-refractivity contribution in [1.29, 1.82) is 0 Å². The first-order chi connectivity index (χ1) is 13.2. The van der Waals surface area contributed by atoms with Crippen molar-refractivity contribution in [1.82, 2.24) is 10.5 Å². The second-order valence-corrected chi connectivity index (χ2v) is 7.32. The van der Waals surface area contributed by atoms with Gasteiger partial charge in [-0.2, -0.15) is 0 Å². The second kappa shape index (κ2) is 7.62. The first-order valence-corrected chi connectivity index (χ1v) is 9.74. The molecule has 1 aromatic heterocycles. The van der Waals surface area contributed by atoms with Crippen LogP contribution < -0.4 is 14.8 Å². The third kappa shape index (κ3) is 3.40. The molecule has 0 aliphatic heterocycles. The molecule has 27 heavy (non-hydrogen) atoms. The highest BCUT2D eigenvalue weighted by Crippen LogP contribution is 2.37. The Bertz CT molecular complexity index is 843. The van der Waals surface area contributed by atoms with Crippen LogP contribution in [0.3, 0.4) is 0 Å². The molecule has 6 nitrogen and oxygen atoms in total. The Morgan fingerprint density at radius 3 is 2.63 bits per heavy atom. The smallest absolute Gasteiger partial charge is 0.290 e. The van der Waals surface area contributed by atoms with E-state index in [0.717, 1.165) is 73.9 Å². The molecule has 6 heteroatoms. The number of hydrogen-bond acceptors (Lipinski definition) is 5. The number of hydrogen-bond donors (Lipinski definition) is 1. The van der Waals surface area contributed by atoms with Crippen molar-refractivity contribution in [2.45, 2.75) is 57.4 Å². The van der Waals surface area contributed by atoms with E-state index < -0.39 is 0 Å². The molecule has 0 spiro atoms. The number of carbonyl (C=O) groups excluding carboxylic acids is 1. The minimum atomic E-state index is -0.168. The van der Waals surface area contributed by atoms with Gasteiger partial charge >= 0.3 is 0 Å². The predicted molar refractivity (Wildman–Crippen MR) is 100 cm³/mol. The summed E-state index contributed by atoms with van der Waals surface area (Å²) in [6, 6.07) is 3.97. The van der Waals surface area contributed by atoms with E-state index >= 15 is 0 Å². The molecule has 0 saturated carbocycles. The first kappa shape index (κ1) is 17.9. The fraction of sp³-hybridized carbons (Fsp3) is 0.524. The molecule has 1 N–H and O–H groups in total. The van der Waals surface area contributed by atoms with Crippen LogP contribution in [0.15, 0.2) is 16.7 Å². The number of fused-ring (bicyclic) bond motifs is 2. The Balaban J connectivity index is 1.63. The topological polar surface area (TPSA) is 73.6 Å². The van der Waals surface area contributed by atoms with Crippen LogP contribution in [0.2, 0.25) is 0 Å². The number of rotatable bonds is 4. The lowest BCUT2D eigenvalue weighted by molar-refractivity contribution is 0.0895. The number of methoxy groups -OCH3 is 2. The lowest BCUT2D eigenvalue weighted by Gasteiger charge is -2.21. The van der Waals surface area contributed by atoms with Crippen molar-refractivity contribution in [3.05, 3.63) is 40.3 Å². The van der Waals surface area contributed by atoms with Gasteiger partial charge in [-0.05, 0) is 68.2 Å². The number of amides is 1. The summed E-state index contributed by atoms with van der Waals surface area (Å²) in [7, 11) is 3.28. The number of nitrogens with zero attached hydrogens (tertiary/aromatic N) is 1. The minimum Gasteiger partial charge on any atom is -0.493 e. The van der Waals surface area contributed by atoms with Crippen molar-refractivity contribution in [2.75, 3.05) is 14.2 Å². The molecule has 0 radical (unpaired) electrons. The fourth-order valence-electron chi connectivity index (χ4n) is 4.24. The molecular weight excluding hydrogens is 344 g/mol. The van der Waals surface area contributed by atoms with Crippen LogP contribution in [0, 0.1) is 0 Å². The summed E-state index contributed by atoms with van der Waals surface area (Å²) in [4.78, 5) is 12.9. The van der Waals surface area contributed by atoms with Crippen molar-refractivity contribution in [2.24, 2.45) is 0 Å². The summed E-state index contributed by atoms with van der Waals surface area (Å²) in [5, 5.41) is 7.30. The van der Waals surface area contributed by atoms with Crippen LogP contribution in [0.5, 0.6) is 11.5 Å². The summed E-state index contributed by atoms with van der Waals surface area (Å²) in [6.07, 6.45) is 7.97. The summed E-state index contributed by atoms with van der Waals surface area (Å²) >= 11 is 0. The zero-order chi connectivity index (χ0) is 18.8. The Hall–Kier alpha value is -2.50. The van der Waals surface area contributed by atoms with Gasteiger partial charge in [-0.15, -0.1) is 0 Å². The SMILES string of the molecule is COc1cc2c(cc1OC)C(NC(=O)c1onc3c1CCCC3)CCCC2. The summed E-state index contributed by atoms with van der Waals surface area (Å²) in [5.41, 5.74) is 4.24. The van der Waals surface area contributed by atoms with E-state index in [4.69, 9.17) is 14.0 Å². The molecular formula is C21H26N2O4. The standard InChI is InChI=1S/C21H26N2O4/c1-25-18-11-13-7-3-5-9-16(15(13)12-19(18)26-2)22-21(24)20-14-8-4-6-10-17(14)23-27-20/h11-12,16H,3-10H2,1-2H3,(H,22,24). The highest BCUT2D eigenvalue weighted by molar-refractivity contribution is 5.93. The maximum absolute atomic E-state index is 12.9. The predicted octanol–water partition coefficient (Wildman–Crippen LogP) is 3.77. The number of carbonyl (C=O) groups is 1. The second-order valence-electron chi connectivity index (χ2n) is 7.32. The molecule has 144 valence electrons. The van der Waals surface area contributed by atoms with E-state index in [-0.39, 0.29) is 11.9 Å². The van der Waals surface area contributed by atoms with Crippen molar-refractivity contribution < 1.29 is 18.8 Å². The van der Waals surface area contributed by atoms with Crippen molar-refractivity contribution in [3.63, 3.8) is 0 Å². The third-order valence-corrected chi connectivity index (χ3v) is 5.68. The van der Waals surface area contributed by atoms with E-state index in [9.17, 15) is 4.79 Å². The highest BCUT2D eigenvalue weighted by atomic mass is 16.5. The van der Waals surface area contributed by atoms with E-state index in [0.29, 0.717) is 11.5 Å². The van der Waals surface area contributed by atoms with Gasteiger partial charge in [-0.3, -0.25) is 4.79 Å². The van der Waals surface area contributed by atoms with Gasteiger partial charge in [0.25, 0.3) is 5.91 Å². The normalized spacial score (nSPS) is 18.8. The van der Waals surface area contributed by atoms with E-state index in [2.05, 4.69) is 10.5 Å². The molecule has 0 bridgehead atoms. The van der Waals surface area contributed by atoms with E-state index in [1.807, 2.05) is 12.1 Å². The van der Waals surface area contributed by atoms with Gasteiger partial charge in [0.05, 0.1) is 26.0 Å². The van der Waals surface area contributed by atoms with E-state index in [1.54, 1.807) is 14.2 Å². The zero-order valence-corrected chi connectivity index (χ0v) is 16.0. The number of benzene rings is 1. The molecule has 1 atom stereocenters. The third-order valence-electron chi connectivity index (χ3n) is 5.68. The van der Waals surface area contributed by atoms with Gasteiger partial charge in [-0.1, -0.05) is 11.6 Å². The molecule has 1 amide bonds. The molecule has 2 aliphatic rings. The van der Waals surface area contributed by atoms with Crippen LogP contribution in [0.4, 0.5) is 0 Å². The van der Waals surface area contributed by atoms with Crippen LogP contribution in [0.1, 0.15) is 71.1 Å². The zero-order valence-electron chi connectivity index (χ0n) is 16.0. The summed E-state index contributed by atoms with van der Waals surface area (Å²) < 4.78 is 16.3. The maximum atomic E-state index is 12.9. The average molecular weight is 370 g/mol. The fourth-order valence-corrected chi connectivity index (χ4v) is 4.24. The molecule has 1 unspecified atom stereocenters. The lowest BCUT2D eigenvalue weighted by atomic mass is 9.95. The van der Waals surface area contributed by atoms with E-state index in [1.165, 1.54) is 5.56 Å². The molecule has 2 aromatic rings. The Morgan fingerprint density at radius 1 is 1.07 bits per heavy atom. The van der Waals surface area contributed by atoms with Gasteiger partial charge in [0.2, 0.25) is 5.76 Å². The summed E-state index contributed by atoms with van der Waals surface area (Å²) in [6.45, 7) is 0.